The van der Waals surface area contributed by atoms with Gasteiger partial charge in [-0.25, -0.2) is 22.2 Å². The van der Waals surface area contributed by atoms with E-state index in [1.165, 1.54) is 41.9 Å². The normalized spacial score (nSPS) is 13.5. The molecule has 1 fully saturated rings. The minimum absolute atomic E-state index is 0.0118. The van der Waals surface area contributed by atoms with Gasteiger partial charge in [-0.15, -0.1) is 0 Å². The molecule has 0 amide bonds. The van der Waals surface area contributed by atoms with Gasteiger partial charge in [0.15, 0.2) is 0 Å². The summed E-state index contributed by atoms with van der Waals surface area (Å²) in [5.74, 6) is -0.872. The van der Waals surface area contributed by atoms with Crippen LogP contribution in [0.5, 0.6) is 0 Å². The number of fused-ring (bicyclic) bond motifs is 1. The first-order chi connectivity index (χ1) is 18.5. The van der Waals surface area contributed by atoms with Crippen LogP contribution >= 0.6 is 0 Å². The lowest BCUT2D eigenvalue weighted by Crippen LogP contribution is -2.41. The number of hydrogen-bond acceptors (Lipinski definition) is 7. The molecular weight excluding hydrogens is 526 g/mol. The predicted molar refractivity (Wildman–Crippen MR) is 152 cm³/mol. The van der Waals surface area contributed by atoms with Crippen molar-refractivity contribution in [1.82, 2.24) is 13.7 Å². The van der Waals surface area contributed by atoms with Gasteiger partial charge in [-0.2, -0.15) is 0 Å². The molecule has 0 bridgehead atoms. The van der Waals surface area contributed by atoms with Crippen LogP contribution in [0.25, 0.3) is 16.7 Å². The molecule has 0 radical (unpaired) electrons. The fraction of sp³-hybridized carbons (Fsp3) is 0.240. The smallest absolute Gasteiger partial charge is 0.337 e. The maximum atomic E-state index is 14.7. The molecule has 202 valence electrons. The van der Waals surface area contributed by atoms with Crippen LogP contribution in [0, 0.1) is 5.82 Å². The highest BCUT2D eigenvalue weighted by Crippen LogP contribution is 2.33. The standard InChI is InChI=1S/C25H26BFN6O5S/c1-31-21(34)13-20(29-19-8-5-14(26)11-18(19)27)22-23(31)32(25(36)33(24(22)35)16-6-7-16)17-4-2-3-15(12-17)30-39(37,38)10-9-28/h2-5,8,11-13,16,29-30H,6-7,9-10,26,28H2,1H3. The lowest BCUT2D eigenvalue weighted by molar-refractivity contribution is 0.601. The molecule has 0 aliphatic heterocycles. The van der Waals surface area contributed by atoms with Crippen LogP contribution in [0.3, 0.4) is 0 Å². The second-order valence-electron chi connectivity index (χ2n) is 9.55. The highest BCUT2D eigenvalue weighted by atomic mass is 32.2. The number of halogens is 1. The molecule has 0 unspecified atom stereocenters. The minimum atomic E-state index is -3.74. The van der Waals surface area contributed by atoms with E-state index in [0.717, 1.165) is 9.13 Å². The molecule has 11 nitrogen and oxygen atoms in total. The SMILES string of the molecule is Bc1ccc(Nc2cc(=O)n(C)c3c2c(=O)n(C2CC2)c(=O)n3-c2cccc(NS(=O)(=O)CCN)c2)c(F)c1. The molecule has 4 N–H and O–H groups in total. The van der Waals surface area contributed by atoms with Crippen molar-refractivity contribution < 1.29 is 12.8 Å². The van der Waals surface area contributed by atoms with Crippen molar-refractivity contribution in [1.29, 1.82) is 0 Å². The molecule has 5 rings (SSSR count). The number of aryl methyl sites for hydroxylation is 1. The number of anilines is 3. The van der Waals surface area contributed by atoms with Gasteiger partial charge in [0, 0.05) is 25.7 Å². The van der Waals surface area contributed by atoms with Crippen LogP contribution in [0.4, 0.5) is 21.5 Å². The maximum absolute atomic E-state index is 14.7. The van der Waals surface area contributed by atoms with Gasteiger partial charge in [0.2, 0.25) is 10.0 Å². The van der Waals surface area contributed by atoms with Crippen molar-refractivity contribution in [3.05, 3.63) is 85.5 Å². The number of benzene rings is 2. The predicted octanol–water partition coefficient (Wildman–Crippen LogP) is 0.0275. The molecule has 39 heavy (non-hydrogen) atoms. The van der Waals surface area contributed by atoms with Crippen LogP contribution in [0.2, 0.25) is 0 Å². The zero-order chi connectivity index (χ0) is 28.1. The molecule has 2 heterocycles. The van der Waals surface area contributed by atoms with Gasteiger partial charge in [-0.3, -0.25) is 23.4 Å². The Kier molecular flexibility index (Phi) is 6.68. The zero-order valence-corrected chi connectivity index (χ0v) is 22.1. The quantitative estimate of drug-likeness (QED) is 0.261. The van der Waals surface area contributed by atoms with E-state index in [1.54, 1.807) is 26.0 Å². The minimum Gasteiger partial charge on any atom is -0.352 e. The Morgan fingerprint density at radius 3 is 2.49 bits per heavy atom. The van der Waals surface area contributed by atoms with E-state index in [0.29, 0.717) is 18.3 Å². The Balaban J connectivity index is 1.81. The van der Waals surface area contributed by atoms with Gasteiger partial charge < -0.3 is 11.1 Å². The van der Waals surface area contributed by atoms with Gasteiger partial charge >= 0.3 is 5.69 Å². The number of nitrogens with one attached hydrogen (secondary N) is 2. The van der Waals surface area contributed by atoms with E-state index in [4.69, 9.17) is 5.73 Å². The summed E-state index contributed by atoms with van der Waals surface area (Å²) in [6.07, 6.45) is 1.25. The third-order valence-corrected chi connectivity index (χ3v) is 7.84. The van der Waals surface area contributed by atoms with Crippen LogP contribution < -0.4 is 38.0 Å². The number of sulfonamides is 1. The van der Waals surface area contributed by atoms with Crippen molar-refractivity contribution in [3.63, 3.8) is 0 Å². The zero-order valence-electron chi connectivity index (χ0n) is 21.3. The molecule has 1 aliphatic carbocycles. The molecule has 2 aromatic carbocycles. The second kappa shape index (κ2) is 9.86. The number of nitrogens with two attached hydrogens (primary N) is 1. The summed E-state index contributed by atoms with van der Waals surface area (Å²) < 4.78 is 45.3. The maximum Gasteiger partial charge on any atom is 0.337 e. The van der Waals surface area contributed by atoms with Gasteiger partial charge in [-0.1, -0.05) is 17.6 Å². The molecular formula is C25H26BFN6O5S. The molecule has 2 aromatic heterocycles. The molecule has 14 heteroatoms. The van der Waals surface area contributed by atoms with Gasteiger partial charge in [0.1, 0.15) is 24.7 Å². The Morgan fingerprint density at radius 1 is 1.08 bits per heavy atom. The number of aromatic nitrogens is 3. The van der Waals surface area contributed by atoms with E-state index in [9.17, 15) is 27.2 Å². The monoisotopic (exact) mass is 552 g/mol. The van der Waals surface area contributed by atoms with E-state index in [-0.39, 0.29) is 52.1 Å². The van der Waals surface area contributed by atoms with E-state index in [2.05, 4.69) is 10.0 Å². The third-order valence-electron chi connectivity index (χ3n) is 6.52. The Hall–Kier alpha value is -4.17. The molecule has 1 saturated carbocycles. The van der Waals surface area contributed by atoms with Crippen LogP contribution in [0.15, 0.2) is 62.9 Å². The highest BCUT2D eigenvalue weighted by molar-refractivity contribution is 7.92. The summed E-state index contributed by atoms with van der Waals surface area (Å²) in [6, 6.07) is 11.4. The van der Waals surface area contributed by atoms with Crippen molar-refractivity contribution in [2.75, 3.05) is 22.3 Å². The lowest BCUT2D eigenvalue weighted by atomic mass is 9.96. The first-order valence-corrected chi connectivity index (χ1v) is 13.9. The fourth-order valence-electron chi connectivity index (χ4n) is 4.51. The lowest BCUT2D eigenvalue weighted by Gasteiger charge is -2.19. The third kappa shape index (κ3) is 5.00. The van der Waals surface area contributed by atoms with Gasteiger partial charge in [-0.05, 0) is 43.2 Å². The molecule has 4 aromatic rings. The molecule has 1 aliphatic rings. The highest BCUT2D eigenvalue weighted by Gasteiger charge is 2.31. The summed E-state index contributed by atoms with van der Waals surface area (Å²) in [5, 5.41) is 2.88. The average Bonchev–Trinajstić information content (AvgIpc) is 3.69. The first-order valence-electron chi connectivity index (χ1n) is 12.3. The van der Waals surface area contributed by atoms with Crippen molar-refractivity contribution in [2.45, 2.75) is 18.9 Å². The summed E-state index contributed by atoms with van der Waals surface area (Å²) >= 11 is 0. The first kappa shape index (κ1) is 26.4. The van der Waals surface area contributed by atoms with E-state index < -0.39 is 32.6 Å². The van der Waals surface area contributed by atoms with E-state index in [1.807, 2.05) is 0 Å². The average molecular weight is 552 g/mol. The largest absolute Gasteiger partial charge is 0.352 e. The second-order valence-corrected chi connectivity index (χ2v) is 11.4. The van der Waals surface area contributed by atoms with Gasteiger partial charge in [0.25, 0.3) is 11.1 Å². The molecule has 0 spiro atoms. The Morgan fingerprint density at radius 2 is 1.82 bits per heavy atom. The van der Waals surface area contributed by atoms with Gasteiger partial charge in [0.05, 0.1) is 28.5 Å². The molecule has 0 atom stereocenters. The van der Waals surface area contributed by atoms with Crippen molar-refractivity contribution in [3.8, 4) is 5.69 Å². The number of rotatable bonds is 8. The molecule has 0 saturated heterocycles. The number of hydrogen-bond donors (Lipinski definition) is 3. The van der Waals surface area contributed by atoms with Crippen LogP contribution in [-0.4, -0.2) is 42.3 Å². The summed E-state index contributed by atoms with van der Waals surface area (Å²) in [7, 11) is -0.580. The summed E-state index contributed by atoms with van der Waals surface area (Å²) in [5.41, 5.74) is 4.73. The summed E-state index contributed by atoms with van der Waals surface area (Å²) in [4.78, 5) is 40.6. The topological polar surface area (TPSA) is 150 Å². The van der Waals surface area contributed by atoms with Crippen LogP contribution in [0.1, 0.15) is 18.9 Å². The van der Waals surface area contributed by atoms with Crippen molar-refractivity contribution in [2.24, 2.45) is 12.8 Å². The fourth-order valence-corrected chi connectivity index (χ4v) is 5.41. The van der Waals surface area contributed by atoms with Crippen LogP contribution in [-0.2, 0) is 17.1 Å². The van der Waals surface area contributed by atoms with Crippen molar-refractivity contribution >= 4 is 51.4 Å². The Bertz CT molecular complexity index is 1910. The number of pyridine rings is 1. The number of nitrogens with zero attached hydrogens (tertiary/aromatic N) is 3. The Labute approximate surface area is 223 Å². The van der Waals surface area contributed by atoms with E-state index >= 15 is 0 Å². The summed E-state index contributed by atoms with van der Waals surface area (Å²) in [6.45, 7) is -0.0784.